The second-order valence-electron chi connectivity index (χ2n) is 7.80. The van der Waals surface area contributed by atoms with Crippen molar-refractivity contribution >= 4 is 8.89 Å². The average molecular weight is 471 g/mol. The van der Waals surface area contributed by atoms with Crippen LogP contribution in [0.25, 0.3) is 5.57 Å². The molecule has 0 saturated carbocycles. The molecule has 1 aromatic rings. The molecule has 0 heterocycles. The Morgan fingerprint density at radius 2 is 1.57 bits per heavy atom. The van der Waals surface area contributed by atoms with Gasteiger partial charge in [0, 0.05) is 0 Å². The molecule has 0 aliphatic heterocycles. The van der Waals surface area contributed by atoms with Crippen molar-refractivity contribution in [3.05, 3.63) is 54.9 Å². The molecule has 0 saturated heterocycles. The first kappa shape index (κ1) is 17.1. The fourth-order valence-corrected chi connectivity index (χ4v) is 10.6. The Bertz CT molecular complexity index is 784. The van der Waals surface area contributed by atoms with E-state index in [-0.39, 0.29) is 5.41 Å². The molecular weight excluding hydrogens is 443 g/mol. The van der Waals surface area contributed by atoms with Gasteiger partial charge in [0.25, 0.3) is 0 Å². The van der Waals surface area contributed by atoms with E-state index in [9.17, 15) is 0 Å². The van der Waals surface area contributed by atoms with E-state index in [1.54, 1.807) is 45.6 Å². The Hall–Kier alpha value is -0.690. The maximum absolute atomic E-state index is 2.43. The van der Waals surface area contributed by atoms with E-state index in [2.05, 4.69) is 73.6 Å². The van der Waals surface area contributed by atoms with Crippen molar-refractivity contribution in [3.63, 3.8) is 0 Å². The zero-order valence-electron chi connectivity index (χ0n) is 15.8. The molecule has 0 amide bonds. The standard InChI is InChI=1S/C12H13.C10H15.Hf/c1-8-9(2)11-6-4-5-7-12(11)10(8)3;1-7-6-10(4,5)9(3)8(7)2;/h4-6,9H,1-3H3;1-5H3;. The minimum atomic E-state index is -1.05. The van der Waals surface area contributed by atoms with Gasteiger partial charge < -0.3 is 0 Å². The normalized spacial score (nSPS) is 23.0. The van der Waals surface area contributed by atoms with Gasteiger partial charge >= 0.3 is 153 Å². The molecule has 0 aromatic heterocycles. The van der Waals surface area contributed by atoms with Gasteiger partial charge in [-0.3, -0.25) is 0 Å². The number of fused-ring (bicyclic) bond motifs is 1. The predicted octanol–water partition coefficient (Wildman–Crippen LogP) is 5.96. The second-order valence-corrected chi connectivity index (χ2v) is 12.4. The summed E-state index contributed by atoms with van der Waals surface area (Å²) in [5, 5.41) is 0. The molecule has 0 radical (unpaired) electrons. The van der Waals surface area contributed by atoms with E-state index in [1.165, 1.54) is 0 Å². The fourth-order valence-electron chi connectivity index (χ4n) is 4.19. The third-order valence-corrected chi connectivity index (χ3v) is 13.5. The van der Waals surface area contributed by atoms with Crippen molar-refractivity contribution in [2.24, 2.45) is 5.41 Å². The molecule has 1 unspecified atom stereocenters. The van der Waals surface area contributed by atoms with Gasteiger partial charge in [0.05, 0.1) is 0 Å². The number of hydrogen-bond acceptors (Lipinski definition) is 0. The molecule has 0 N–H and O–H groups in total. The van der Waals surface area contributed by atoms with Crippen LogP contribution in [0.1, 0.15) is 72.4 Å². The van der Waals surface area contributed by atoms with Crippen molar-refractivity contribution in [2.45, 2.75) is 61.3 Å². The molecule has 0 nitrogen and oxygen atoms in total. The topological polar surface area (TPSA) is 0 Å². The van der Waals surface area contributed by atoms with Crippen LogP contribution in [0.2, 0.25) is 0 Å². The van der Waals surface area contributed by atoms with Gasteiger partial charge in [0.15, 0.2) is 0 Å². The van der Waals surface area contributed by atoms with Gasteiger partial charge in [-0.2, -0.15) is 0 Å². The van der Waals surface area contributed by atoms with Crippen LogP contribution in [0.3, 0.4) is 0 Å². The van der Waals surface area contributed by atoms with Crippen LogP contribution in [-0.4, -0.2) is 0 Å². The molecule has 1 atom stereocenters. The van der Waals surface area contributed by atoms with E-state index >= 15 is 0 Å². The first-order valence-corrected chi connectivity index (χ1v) is 12.2. The monoisotopic (exact) mass is 472 g/mol. The molecule has 2 aliphatic carbocycles. The molecule has 1 heteroatoms. The maximum atomic E-state index is 2.43. The molecule has 0 fully saturated rings. The van der Waals surface area contributed by atoms with Crippen LogP contribution in [0, 0.1) is 5.41 Å². The van der Waals surface area contributed by atoms with Gasteiger partial charge in [-0.15, -0.1) is 0 Å². The van der Waals surface area contributed by atoms with Crippen molar-refractivity contribution in [1.82, 2.24) is 0 Å². The zero-order valence-corrected chi connectivity index (χ0v) is 19.4. The number of rotatable bonds is 2. The zero-order chi connectivity index (χ0) is 17.1. The van der Waals surface area contributed by atoms with Crippen molar-refractivity contribution in [3.8, 4) is 0 Å². The summed E-state index contributed by atoms with van der Waals surface area (Å²) in [5.41, 5.74) is 11.3. The predicted molar refractivity (Wildman–Crippen MR) is 97.6 cm³/mol. The van der Waals surface area contributed by atoms with E-state index in [4.69, 9.17) is 0 Å². The summed E-state index contributed by atoms with van der Waals surface area (Å²) in [6.45, 7) is 18.9. The Morgan fingerprint density at radius 3 is 2.13 bits per heavy atom. The number of allylic oxidation sites excluding steroid dienone is 6. The van der Waals surface area contributed by atoms with E-state index in [0.29, 0.717) is 5.92 Å². The summed E-state index contributed by atoms with van der Waals surface area (Å²) < 4.78 is 3.50. The third kappa shape index (κ3) is 2.42. The molecule has 120 valence electrons. The van der Waals surface area contributed by atoms with Gasteiger partial charge in [-0.05, 0) is 0 Å². The summed E-state index contributed by atoms with van der Waals surface area (Å²) in [4.78, 5) is 0. The molecule has 0 bridgehead atoms. The van der Waals surface area contributed by atoms with Crippen molar-refractivity contribution < 1.29 is 22.9 Å². The van der Waals surface area contributed by atoms with Crippen LogP contribution in [0.15, 0.2) is 43.8 Å². The van der Waals surface area contributed by atoms with Crippen LogP contribution < -0.4 is 3.32 Å². The molecule has 2 aliphatic rings. The molecular formula is C22H28Hf. The van der Waals surface area contributed by atoms with Gasteiger partial charge in [-0.1, -0.05) is 0 Å². The average Bonchev–Trinajstić information content (AvgIpc) is 2.82. The van der Waals surface area contributed by atoms with Crippen LogP contribution in [0.4, 0.5) is 0 Å². The van der Waals surface area contributed by atoms with Gasteiger partial charge in [0.2, 0.25) is 0 Å². The minimum absolute atomic E-state index is 0.275. The number of hydrogen-bond donors (Lipinski definition) is 0. The first-order valence-electron chi connectivity index (χ1n) is 8.65. The summed E-state index contributed by atoms with van der Waals surface area (Å²) in [7, 11) is 0. The Morgan fingerprint density at radius 1 is 0.913 bits per heavy atom. The third-order valence-electron chi connectivity index (χ3n) is 6.50. The second kappa shape index (κ2) is 5.69. The van der Waals surface area contributed by atoms with E-state index in [0.717, 1.165) is 0 Å². The van der Waals surface area contributed by atoms with Crippen molar-refractivity contribution in [2.75, 3.05) is 0 Å². The van der Waals surface area contributed by atoms with Crippen LogP contribution in [0.5, 0.6) is 0 Å². The number of benzene rings is 1. The van der Waals surface area contributed by atoms with Gasteiger partial charge in [-0.25, -0.2) is 0 Å². The van der Waals surface area contributed by atoms with E-state index in [1.807, 2.05) is 0 Å². The molecule has 1 aromatic carbocycles. The van der Waals surface area contributed by atoms with Crippen LogP contribution in [-0.2, 0) is 22.9 Å². The Balaban J connectivity index is 2.09. The molecule has 3 rings (SSSR count). The summed E-state index contributed by atoms with van der Waals surface area (Å²) >= 11 is -1.05. The van der Waals surface area contributed by atoms with Crippen LogP contribution >= 0.6 is 0 Å². The molecule has 23 heavy (non-hydrogen) atoms. The van der Waals surface area contributed by atoms with Crippen molar-refractivity contribution in [1.29, 1.82) is 0 Å². The Kier molecular flexibility index (Phi) is 4.24. The fraction of sp³-hybridized carbons (Fsp3) is 0.455. The SMILES string of the molecule is CC1=C(C)C(C)(C)[C]([Hf][c]2cccc3c2C(C)=C(C)C3C)=C1C. The van der Waals surface area contributed by atoms with Gasteiger partial charge in [0.1, 0.15) is 0 Å². The molecule has 0 spiro atoms. The summed E-state index contributed by atoms with van der Waals surface area (Å²) in [6.07, 6.45) is 0. The Labute approximate surface area is 153 Å². The van der Waals surface area contributed by atoms with E-state index < -0.39 is 22.9 Å². The first-order chi connectivity index (χ1) is 10.7. The summed E-state index contributed by atoms with van der Waals surface area (Å²) in [5.74, 6) is 0.599. The quantitative estimate of drug-likeness (QED) is 0.468. The summed E-state index contributed by atoms with van der Waals surface area (Å²) in [6, 6.07) is 7.08.